The van der Waals surface area contributed by atoms with Gasteiger partial charge in [0.05, 0.1) is 0 Å². The zero-order valence-electron chi connectivity index (χ0n) is 8.33. The van der Waals surface area contributed by atoms with Crippen molar-refractivity contribution >= 4 is 11.2 Å². The second-order valence-electron chi connectivity index (χ2n) is 3.19. The van der Waals surface area contributed by atoms with Crippen molar-refractivity contribution in [3.8, 4) is 0 Å². The van der Waals surface area contributed by atoms with E-state index in [2.05, 4.69) is 9.97 Å². The largest absolute Gasteiger partial charge is 0.330 e. The molecule has 2 aromatic rings. The summed E-state index contributed by atoms with van der Waals surface area (Å²) < 4.78 is 2.22. The maximum atomic E-state index is 11.7. The average molecular weight is 210 g/mol. The fourth-order valence-corrected chi connectivity index (χ4v) is 1.50. The standard InChI is InChI=1S/C8H10N4O3/c1-3-12-6(13)4-5(10-8(12)15)11(2)7(14)9-4/h3H2,1-2H3,(H,9,14)(H,10,15). The number of aromatic amines is 2. The van der Waals surface area contributed by atoms with Gasteiger partial charge in [0.1, 0.15) is 5.65 Å². The molecular formula is C8H10N4O3. The third kappa shape index (κ3) is 1.16. The Labute approximate surface area is 83.0 Å². The van der Waals surface area contributed by atoms with E-state index in [4.69, 9.17) is 0 Å². The number of nitrogens with zero attached hydrogens (tertiary/aromatic N) is 2. The molecule has 80 valence electrons. The summed E-state index contributed by atoms with van der Waals surface area (Å²) in [5, 5.41) is 0. The van der Waals surface area contributed by atoms with Gasteiger partial charge in [0, 0.05) is 13.6 Å². The van der Waals surface area contributed by atoms with Crippen LogP contribution in [0.15, 0.2) is 14.4 Å². The van der Waals surface area contributed by atoms with Crippen molar-refractivity contribution in [1.29, 1.82) is 0 Å². The minimum Gasteiger partial charge on any atom is -0.300 e. The van der Waals surface area contributed by atoms with Crippen LogP contribution in [0.5, 0.6) is 0 Å². The van der Waals surface area contributed by atoms with Crippen LogP contribution in [0.25, 0.3) is 11.2 Å². The van der Waals surface area contributed by atoms with E-state index in [9.17, 15) is 14.4 Å². The van der Waals surface area contributed by atoms with Crippen molar-refractivity contribution in [3.63, 3.8) is 0 Å². The Morgan fingerprint density at radius 2 is 1.80 bits per heavy atom. The second-order valence-corrected chi connectivity index (χ2v) is 3.19. The summed E-state index contributed by atoms with van der Waals surface area (Å²) in [7, 11) is 1.48. The SMILES string of the molecule is CCn1c(=O)[nH]c2c([nH]c(=O)n2C)c1=O. The quantitative estimate of drug-likeness (QED) is 0.615. The zero-order valence-corrected chi connectivity index (χ0v) is 8.33. The zero-order chi connectivity index (χ0) is 11.2. The Balaban J connectivity index is 3.11. The molecule has 0 aliphatic carbocycles. The molecule has 2 N–H and O–H groups in total. The summed E-state index contributed by atoms with van der Waals surface area (Å²) in [4.78, 5) is 39.2. The number of rotatable bonds is 1. The van der Waals surface area contributed by atoms with E-state index in [0.29, 0.717) is 0 Å². The molecule has 0 unspecified atom stereocenters. The van der Waals surface area contributed by atoms with Crippen LogP contribution >= 0.6 is 0 Å². The highest BCUT2D eigenvalue weighted by Crippen LogP contribution is 1.95. The molecule has 0 bridgehead atoms. The van der Waals surface area contributed by atoms with Gasteiger partial charge in [-0.3, -0.25) is 23.9 Å². The van der Waals surface area contributed by atoms with Gasteiger partial charge in [-0.1, -0.05) is 0 Å². The molecule has 0 amide bonds. The second kappa shape index (κ2) is 2.97. The number of hydrogen-bond donors (Lipinski definition) is 2. The number of aromatic nitrogens is 4. The minimum absolute atomic E-state index is 0.129. The van der Waals surface area contributed by atoms with E-state index in [1.807, 2.05) is 0 Å². The summed E-state index contributed by atoms with van der Waals surface area (Å²) >= 11 is 0. The van der Waals surface area contributed by atoms with Gasteiger partial charge in [-0.2, -0.15) is 0 Å². The van der Waals surface area contributed by atoms with Crippen LogP contribution in [-0.2, 0) is 13.6 Å². The first-order valence-electron chi connectivity index (χ1n) is 4.48. The number of fused-ring (bicyclic) bond motifs is 1. The monoisotopic (exact) mass is 210 g/mol. The maximum Gasteiger partial charge on any atom is 0.330 e. The van der Waals surface area contributed by atoms with E-state index in [1.54, 1.807) is 6.92 Å². The first-order chi connectivity index (χ1) is 7.06. The van der Waals surface area contributed by atoms with E-state index in [0.717, 1.165) is 4.57 Å². The van der Waals surface area contributed by atoms with Crippen molar-refractivity contribution in [2.45, 2.75) is 13.5 Å². The highest BCUT2D eigenvalue weighted by Gasteiger charge is 2.11. The van der Waals surface area contributed by atoms with Gasteiger partial charge in [0.25, 0.3) is 5.56 Å². The van der Waals surface area contributed by atoms with Crippen LogP contribution < -0.4 is 16.9 Å². The molecule has 0 atom stereocenters. The predicted molar refractivity (Wildman–Crippen MR) is 54.1 cm³/mol. The Morgan fingerprint density at radius 3 is 2.40 bits per heavy atom. The first-order valence-corrected chi connectivity index (χ1v) is 4.48. The molecule has 7 nitrogen and oxygen atoms in total. The Hall–Kier alpha value is -2.05. The Morgan fingerprint density at radius 1 is 1.13 bits per heavy atom. The van der Waals surface area contributed by atoms with Gasteiger partial charge in [-0.25, -0.2) is 9.59 Å². The first kappa shape index (κ1) is 9.50. The third-order valence-corrected chi connectivity index (χ3v) is 2.35. The topological polar surface area (TPSA) is 92.7 Å². The number of aryl methyl sites for hydroxylation is 1. The number of imidazole rings is 1. The molecule has 0 aliphatic heterocycles. The van der Waals surface area contributed by atoms with E-state index in [1.165, 1.54) is 11.6 Å². The summed E-state index contributed by atoms with van der Waals surface area (Å²) in [5.41, 5.74) is -1.06. The fourth-order valence-electron chi connectivity index (χ4n) is 1.50. The van der Waals surface area contributed by atoms with Gasteiger partial charge < -0.3 is 0 Å². The number of hydrogen-bond acceptors (Lipinski definition) is 3. The lowest BCUT2D eigenvalue weighted by Gasteiger charge is -1.99. The fraction of sp³-hybridized carbons (Fsp3) is 0.375. The number of nitrogens with one attached hydrogen (secondary N) is 2. The van der Waals surface area contributed by atoms with Crippen LogP contribution in [0.4, 0.5) is 0 Å². The predicted octanol–water partition coefficient (Wildman–Crippen LogP) is -1.26. The lowest BCUT2D eigenvalue weighted by molar-refractivity contribution is 0.680. The van der Waals surface area contributed by atoms with Crippen molar-refractivity contribution in [1.82, 2.24) is 19.1 Å². The summed E-state index contributed by atoms with van der Waals surface area (Å²) in [6.45, 7) is 1.95. The van der Waals surface area contributed by atoms with Crippen molar-refractivity contribution < 1.29 is 0 Å². The molecule has 0 saturated heterocycles. The molecule has 2 aromatic heterocycles. The molecule has 15 heavy (non-hydrogen) atoms. The summed E-state index contributed by atoms with van der Waals surface area (Å²) in [6, 6.07) is 0. The van der Waals surface area contributed by atoms with Crippen molar-refractivity contribution in [2.24, 2.45) is 7.05 Å². The normalized spacial score (nSPS) is 11.1. The molecular weight excluding hydrogens is 200 g/mol. The van der Waals surface area contributed by atoms with E-state index in [-0.39, 0.29) is 17.7 Å². The molecule has 2 rings (SSSR count). The van der Waals surface area contributed by atoms with Crippen molar-refractivity contribution in [2.75, 3.05) is 0 Å². The van der Waals surface area contributed by atoms with Crippen molar-refractivity contribution in [3.05, 3.63) is 31.3 Å². The van der Waals surface area contributed by atoms with Crippen LogP contribution in [0.3, 0.4) is 0 Å². The Bertz CT molecular complexity index is 684. The molecule has 2 heterocycles. The molecule has 0 aliphatic rings. The molecule has 0 radical (unpaired) electrons. The van der Waals surface area contributed by atoms with E-state index >= 15 is 0 Å². The van der Waals surface area contributed by atoms with Crippen LogP contribution in [-0.4, -0.2) is 19.1 Å². The number of H-pyrrole nitrogens is 2. The van der Waals surface area contributed by atoms with Crippen LogP contribution in [0, 0.1) is 0 Å². The molecule has 0 saturated carbocycles. The van der Waals surface area contributed by atoms with Crippen LogP contribution in [0.1, 0.15) is 6.92 Å². The van der Waals surface area contributed by atoms with Gasteiger partial charge in [0.2, 0.25) is 0 Å². The minimum atomic E-state index is -0.510. The van der Waals surface area contributed by atoms with Gasteiger partial charge in [0.15, 0.2) is 5.52 Å². The van der Waals surface area contributed by atoms with Gasteiger partial charge >= 0.3 is 11.4 Å². The lowest BCUT2D eigenvalue weighted by atomic mass is 10.5. The molecule has 7 heteroatoms. The van der Waals surface area contributed by atoms with Gasteiger partial charge in [-0.05, 0) is 6.92 Å². The summed E-state index contributed by atoms with van der Waals surface area (Å²) in [5.74, 6) is 0. The summed E-state index contributed by atoms with van der Waals surface area (Å²) in [6.07, 6.45) is 0. The Kier molecular flexibility index (Phi) is 1.88. The maximum absolute atomic E-state index is 11.7. The average Bonchev–Trinajstić information content (AvgIpc) is 2.46. The third-order valence-electron chi connectivity index (χ3n) is 2.35. The highest BCUT2D eigenvalue weighted by atomic mass is 16.2. The molecule has 0 spiro atoms. The van der Waals surface area contributed by atoms with Crippen LogP contribution in [0.2, 0.25) is 0 Å². The lowest BCUT2D eigenvalue weighted by Crippen LogP contribution is -2.34. The van der Waals surface area contributed by atoms with E-state index < -0.39 is 16.9 Å². The smallest absolute Gasteiger partial charge is 0.300 e. The van der Waals surface area contributed by atoms with Gasteiger partial charge in [-0.15, -0.1) is 0 Å². The highest BCUT2D eigenvalue weighted by molar-refractivity contribution is 5.68. The molecule has 0 aromatic carbocycles. The molecule has 0 fully saturated rings.